The average molecular weight is 464 g/mol. The fourth-order valence-corrected chi connectivity index (χ4v) is 4.32. The van der Waals surface area contributed by atoms with Gasteiger partial charge in [0.25, 0.3) is 11.6 Å². The van der Waals surface area contributed by atoms with E-state index in [2.05, 4.69) is 25.3 Å². The molecule has 2 aromatic heterocycles. The summed E-state index contributed by atoms with van der Waals surface area (Å²) >= 11 is 0. The Morgan fingerprint density at radius 1 is 1.24 bits per heavy atom. The molecule has 0 amide bonds. The highest BCUT2D eigenvalue weighted by Crippen LogP contribution is 2.39. The van der Waals surface area contributed by atoms with Crippen LogP contribution in [0.15, 0.2) is 30.5 Å². The molecule has 0 aliphatic carbocycles. The molecular formula is C21H23F3N6O3. The van der Waals surface area contributed by atoms with Crippen molar-refractivity contribution in [3.8, 4) is 11.5 Å². The standard InChI is InChI=1S/C21H23F3N6O3/c1-12-10-29(7-8-32-12)15-11-33-16-9-13(31-2)3-4-14(16)18(15)26-17-5-6-25-20-27-19(21(22,23)24)28-30(17)20/h3-6,9,12,15,18,26H,7-8,10-11H2,1-2H3/t12-,15+,18+/m1/s1. The maximum atomic E-state index is 13.2. The van der Waals surface area contributed by atoms with Crippen molar-refractivity contribution in [2.75, 3.05) is 38.7 Å². The van der Waals surface area contributed by atoms with Crippen molar-refractivity contribution in [2.45, 2.75) is 31.3 Å². The predicted octanol–water partition coefficient (Wildman–Crippen LogP) is 2.79. The van der Waals surface area contributed by atoms with Gasteiger partial charge in [0.15, 0.2) is 0 Å². The maximum Gasteiger partial charge on any atom is 0.453 e. The molecule has 9 nitrogen and oxygen atoms in total. The highest BCUT2D eigenvalue weighted by Gasteiger charge is 2.39. The van der Waals surface area contributed by atoms with Crippen LogP contribution >= 0.6 is 0 Å². The van der Waals surface area contributed by atoms with Gasteiger partial charge in [0.2, 0.25) is 0 Å². The molecule has 3 aromatic rings. The number of hydrogen-bond acceptors (Lipinski definition) is 8. The fourth-order valence-electron chi connectivity index (χ4n) is 4.32. The summed E-state index contributed by atoms with van der Waals surface area (Å²) in [5.74, 6) is 0.293. The Hall–Kier alpha value is -3.12. The number of fused-ring (bicyclic) bond motifs is 2. The second kappa shape index (κ2) is 8.34. The van der Waals surface area contributed by atoms with Crippen molar-refractivity contribution in [3.63, 3.8) is 0 Å². The van der Waals surface area contributed by atoms with Crippen LogP contribution in [0.2, 0.25) is 0 Å². The molecule has 176 valence electrons. The Kier molecular flexibility index (Phi) is 5.49. The number of morpholine rings is 1. The average Bonchev–Trinajstić information content (AvgIpc) is 3.25. The van der Waals surface area contributed by atoms with E-state index in [1.165, 1.54) is 6.20 Å². The number of nitrogens with zero attached hydrogens (tertiary/aromatic N) is 5. The molecule has 0 spiro atoms. The lowest BCUT2D eigenvalue weighted by Crippen LogP contribution is -2.54. The van der Waals surface area contributed by atoms with Gasteiger partial charge < -0.3 is 19.5 Å². The largest absolute Gasteiger partial charge is 0.497 e. The molecule has 0 radical (unpaired) electrons. The number of halogens is 3. The Labute approximate surface area is 187 Å². The van der Waals surface area contributed by atoms with Gasteiger partial charge in [0, 0.05) is 30.9 Å². The number of anilines is 1. The Morgan fingerprint density at radius 2 is 2.09 bits per heavy atom. The summed E-state index contributed by atoms with van der Waals surface area (Å²) in [6, 6.07) is 6.74. The summed E-state index contributed by atoms with van der Waals surface area (Å²) in [4.78, 5) is 9.74. The van der Waals surface area contributed by atoms with Gasteiger partial charge >= 0.3 is 6.18 Å². The summed E-state index contributed by atoms with van der Waals surface area (Å²) in [7, 11) is 1.58. The molecule has 33 heavy (non-hydrogen) atoms. The predicted molar refractivity (Wildman–Crippen MR) is 111 cm³/mol. The molecule has 1 N–H and O–H groups in total. The summed E-state index contributed by atoms with van der Waals surface area (Å²) in [5.41, 5.74) is 0.868. The zero-order valence-corrected chi connectivity index (χ0v) is 18.0. The third kappa shape index (κ3) is 4.15. The molecule has 1 saturated heterocycles. The fraction of sp³-hybridized carbons (Fsp3) is 0.476. The van der Waals surface area contributed by atoms with Crippen LogP contribution in [0.25, 0.3) is 5.78 Å². The Bertz CT molecular complexity index is 1150. The van der Waals surface area contributed by atoms with Crippen LogP contribution in [0.1, 0.15) is 24.4 Å². The lowest BCUT2D eigenvalue weighted by Gasteiger charge is -2.43. The van der Waals surface area contributed by atoms with Crippen molar-refractivity contribution >= 4 is 11.6 Å². The van der Waals surface area contributed by atoms with E-state index in [9.17, 15) is 13.2 Å². The van der Waals surface area contributed by atoms with Gasteiger partial charge in [-0.1, -0.05) is 0 Å². The number of ether oxygens (including phenoxy) is 3. The van der Waals surface area contributed by atoms with E-state index < -0.39 is 12.0 Å². The van der Waals surface area contributed by atoms with Crippen molar-refractivity contribution in [2.24, 2.45) is 0 Å². The molecule has 1 aromatic carbocycles. The normalized spacial score (nSPS) is 23.7. The van der Waals surface area contributed by atoms with Gasteiger partial charge in [-0.25, -0.2) is 4.98 Å². The van der Waals surface area contributed by atoms with Crippen molar-refractivity contribution in [1.29, 1.82) is 0 Å². The Morgan fingerprint density at radius 3 is 2.85 bits per heavy atom. The van der Waals surface area contributed by atoms with E-state index in [1.807, 2.05) is 25.1 Å². The number of hydrogen-bond donors (Lipinski definition) is 1. The van der Waals surface area contributed by atoms with Gasteiger partial charge in [-0.15, -0.1) is 5.10 Å². The maximum absolute atomic E-state index is 13.2. The number of benzene rings is 1. The van der Waals surface area contributed by atoms with Crippen LogP contribution in [0.3, 0.4) is 0 Å². The zero-order valence-electron chi connectivity index (χ0n) is 18.0. The van der Waals surface area contributed by atoms with Gasteiger partial charge in [-0.3, -0.25) is 4.90 Å². The Balaban J connectivity index is 1.55. The highest BCUT2D eigenvalue weighted by molar-refractivity contribution is 5.51. The second-order valence-electron chi connectivity index (χ2n) is 8.06. The summed E-state index contributed by atoms with van der Waals surface area (Å²) in [6.45, 7) is 4.43. The summed E-state index contributed by atoms with van der Waals surface area (Å²) in [5, 5.41) is 7.05. The summed E-state index contributed by atoms with van der Waals surface area (Å²) in [6.07, 6.45) is -3.19. The molecule has 0 bridgehead atoms. The molecule has 3 atom stereocenters. The first-order valence-corrected chi connectivity index (χ1v) is 10.6. The third-order valence-electron chi connectivity index (χ3n) is 5.89. The van der Waals surface area contributed by atoms with Crippen LogP contribution in [0, 0.1) is 0 Å². The van der Waals surface area contributed by atoms with E-state index in [1.54, 1.807) is 13.2 Å². The highest BCUT2D eigenvalue weighted by atomic mass is 19.4. The minimum Gasteiger partial charge on any atom is -0.497 e. The van der Waals surface area contributed by atoms with E-state index >= 15 is 0 Å². The minimum absolute atomic E-state index is 0.0638. The lowest BCUT2D eigenvalue weighted by atomic mass is 9.94. The van der Waals surface area contributed by atoms with Gasteiger partial charge in [0.05, 0.1) is 31.9 Å². The monoisotopic (exact) mass is 464 g/mol. The van der Waals surface area contributed by atoms with E-state index in [0.29, 0.717) is 37.1 Å². The zero-order chi connectivity index (χ0) is 23.2. The van der Waals surface area contributed by atoms with E-state index in [0.717, 1.165) is 16.6 Å². The number of aromatic nitrogens is 4. The molecule has 2 aliphatic rings. The van der Waals surface area contributed by atoms with Crippen molar-refractivity contribution in [1.82, 2.24) is 24.5 Å². The lowest BCUT2D eigenvalue weighted by molar-refractivity contribution is -0.144. The molecule has 0 saturated carbocycles. The smallest absolute Gasteiger partial charge is 0.453 e. The van der Waals surface area contributed by atoms with Crippen LogP contribution in [0.4, 0.5) is 19.0 Å². The van der Waals surface area contributed by atoms with Gasteiger partial charge in [-0.2, -0.15) is 22.7 Å². The molecule has 0 unspecified atom stereocenters. The first-order valence-electron chi connectivity index (χ1n) is 10.6. The molecule has 1 fully saturated rings. The van der Waals surface area contributed by atoms with Gasteiger partial charge in [0.1, 0.15) is 23.9 Å². The SMILES string of the molecule is COc1ccc2c(c1)OC[C@H](N1CCO[C@H](C)C1)[C@H]2Nc1ccnc2nc(C(F)(F)F)nn12. The first kappa shape index (κ1) is 21.7. The topological polar surface area (TPSA) is 86.0 Å². The third-order valence-corrected chi connectivity index (χ3v) is 5.89. The molecular weight excluding hydrogens is 441 g/mol. The quantitative estimate of drug-likeness (QED) is 0.631. The number of alkyl halides is 3. The minimum atomic E-state index is -4.67. The van der Waals surface area contributed by atoms with Crippen LogP contribution < -0.4 is 14.8 Å². The summed E-state index contributed by atoms with van der Waals surface area (Å²) < 4.78 is 57.7. The van der Waals surface area contributed by atoms with E-state index in [-0.39, 0.29) is 24.0 Å². The molecule has 5 rings (SSSR count). The van der Waals surface area contributed by atoms with E-state index in [4.69, 9.17) is 14.2 Å². The molecule has 12 heteroatoms. The van der Waals surface area contributed by atoms with Crippen molar-refractivity contribution in [3.05, 3.63) is 41.9 Å². The van der Waals surface area contributed by atoms with Crippen LogP contribution in [0.5, 0.6) is 11.5 Å². The number of nitrogens with one attached hydrogen (secondary N) is 1. The van der Waals surface area contributed by atoms with Crippen LogP contribution in [-0.2, 0) is 10.9 Å². The number of rotatable bonds is 4. The van der Waals surface area contributed by atoms with Crippen LogP contribution in [-0.4, -0.2) is 70.0 Å². The molecule has 4 heterocycles. The second-order valence-corrected chi connectivity index (χ2v) is 8.06. The molecule has 2 aliphatic heterocycles. The first-order chi connectivity index (χ1) is 15.8. The number of methoxy groups -OCH3 is 1. The van der Waals surface area contributed by atoms with Crippen molar-refractivity contribution < 1.29 is 27.4 Å². The van der Waals surface area contributed by atoms with Gasteiger partial charge in [-0.05, 0) is 25.1 Å².